The maximum Gasteiger partial charge on any atom is 0.335 e. The van der Waals surface area contributed by atoms with E-state index in [0.29, 0.717) is 17.2 Å². The van der Waals surface area contributed by atoms with Crippen molar-refractivity contribution in [2.75, 3.05) is 11.9 Å². The van der Waals surface area contributed by atoms with Crippen LogP contribution in [0.25, 0.3) is 0 Å². The molecular formula is C12H14ClNO2. The summed E-state index contributed by atoms with van der Waals surface area (Å²) in [5.41, 5.74) is 1.35. The maximum atomic E-state index is 11.3. The first-order valence-electron chi connectivity index (χ1n) is 4.99. The number of anilines is 1. The number of hydrogen-bond donors (Lipinski definition) is 1. The Bertz CT molecular complexity index is 402. The van der Waals surface area contributed by atoms with Crippen LogP contribution in [0.3, 0.4) is 0 Å². The van der Waals surface area contributed by atoms with Gasteiger partial charge < -0.3 is 10.1 Å². The Labute approximate surface area is 100 Å². The van der Waals surface area contributed by atoms with Crippen molar-refractivity contribution in [1.82, 2.24) is 0 Å². The zero-order chi connectivity index (χ0) is 12.0. The molecule has 0 aliphatic heterocycles. The Morgan fingerprint density at radius 1 is 1.56 bits per heavy atom. The summed E-state index contributed by atoms with van der Waals surface area (Å²) in [7, 11) is 0. The second-order valence-electron chi connectivity index (χ2n) is 3.20. The van der Waals surface area contributed by atoms with E-state index >= 15 is 0 Å². The lowest BCUT2D eigenvalue weighted by Crippen LogP contribution is -2.06. The molecule has 16 heavy (non-hydrogen) atoms. The number of esters is 1. The second-order valence-corrected chi connectivity index (χ2v) is 3.64. The molecule has 3 nitrogen and oxygen atoms in total. The lowest BCUT2D eigenvalue weighted by molar-refractivity contribution is -0.138. The van der Waals surface area contributed by atoms with Crippen molar-refractivity contribution < 1.29 is 9.53 Å². The van der Waals surface area contributed by atoms with Crippen LogP contribution in [-0.4, -0.2) is 12.6 Å². The topological polar surface area (TPSA) is 38.3 Å². The first-order chi connectivity index (χ1) is 7.63. The van der Waals surface area contributed by atoms with Gasteiger partial charge in [0.1, 0.15) is 0 Å². The summed E-state index contributed by atoms with van der Waals surface area (Å²) in [6.07, 6.45) is 1.60. The Balaban J connectivity index is 2.62. The molecule has 0 aliphatic carbocycles. The van der Waals surface area contributed by atoms with E-state index in [0.717, 1.165) is 5.69 Å². The number of hydrogen-bond acceptors (Lipinski definition) is 3. The van der Waals surface area contributed by atoms with Gasteiger partial charge in [0.05, 0.1) is 12.2 Å². The third-order valence-electron chi connectivity index (χ3n) is 1.88. The van der Waals surface area contributed by atoms with Gasteiger partial charge >= 0.3 is 5.97 Å². The van der Waals surface area contributed by atoms with Gasteiger partial charge in [-0.15, -0.1) is 0 Å². The van der Waals surface area contributed by atoms with Crippen LogP contribution in [0.4, 0.5) is 5.69 Å². The summed E-state index contributed by atoms with van der Waals surface area (Å²) in [5, 5.41) is 3.62. The van der Waals surface area contributed by atoms with Crippen molar-refractivity contribution in [2.45, 2.75) is 13.8 Å². The maximum absolute atomic E-state index is 11.3. The normalized spacial score (nSPS) is 11.1. The highest BCUT2D eigenvalue weighted by atomic mass is 35.5. The highest BCUT2D eigenvalue weighted by molar-refractivity contribution is 6.30. The van der Waals surface area contributed by atoms with Gasteiger partial charge in [-0.25, -0.2) is 4.79 Å². The fourth-order valence-electron chi connectivity index (χ4n) is 1.07. The highest BCUT2D eigenvalue weighted by Crippen LogP contribution is 2.15. The van der Waals surface area contributed by atoms with Crippen LogP contribution in [0, 0.1) is 0 Å². The molecule has 0 aromatic heterocycles. The summed E-state index contributed by atoms with van der Waals surface area (Å²) in [6, 6.07) is 7.25. The average Bonchev–Trinajstić information content (AvgIpc) is 2.26. The van der Waals surface area contributed by atoms with Crippen molar-refractivity contribution in [3.05, 3.63) is 41.1 Å². The van der Waals surface area contributed by atoms with Crippen LogP contribution < -0.4 is 5.32 Å². The molecule has 0 aliphatic rings. The third-order valence-corrected chi connectivity index (χ3v) is 2.11. The van der Waals surface area contributed by atoms with Gasteiger partial charge in [0.15, 0.2) is 0 Å². The molecule has 0 radical (unpaired) electrons. The monoisotopic (exact) mass is 239 g/mol. The predicted molar refractivity (Wildman–Crippen MR) is 65.5 cm³/mol. The standard InChI is InChI=1S/C12H14ClNO2/c1-3-16-12(15)9(2)8-14-11-6-4-5-10(13)7-11/h4-8,14H,3H2,1-2H3/b9-8+. The Morgan fingerprint density at radius 3 is 2.94 bits per heavy atom. The van der Waals surface area contributed by atoms with Gasteiger partial charge in [0.25, 0.3) is 0 Å². The Kier molecular flexibility index (Phi) is 4.86. The zero-order valence-corrected chi connectivity index (χ0v) is 10.0. The lowest BCUT2D eigenvalue weighted by atomic mass is 10.3. The molecule has 0 amide bonds. The van der Waals surface area contributed by atoms with Gasteiger partial charge in [-0.05, 0) is 32.0 Å². The molecule has 0 atom stereocenters. The van der Waals surface area contributed by atoms with Crippen LogP contribution >= 0.6 is 11.6 Å². The average molecular weight is 240 g/mol. The van der Waals surface area contributed by atoms with E-state index in [9.17, 15) is 4.79 Å². The molecule has 0 fully saturated rings. The largest absolute Gasteiger partial charge is 0.463 e. The number of nitrogens with one attached hydrogen (secondary N) is 1. The van der Waals surface area contributed by atoms with Crippen LogP contribution in [0.15, 0.2) is 36.0 Å². The fraction of sp³-hybridized carbons (Fsp3) is 0.250. The number of carbonyl (C=O) groups excluding carboxylic acids is 1. The number of halogens is 1. The number of rotatable bonds is 4. The van der Waals surface area contributed by atoms with E-state index in [4.69, 9.17) is 16.3 Å². The molecule has 1 aromatic rings. The van der Waals surface area contributed by atoms with E-state index in [2.05, 4.69) is 5.32 Å². The molecule has 0 saturated heterocycles. The van der Waals surface area contributed by atoms with Crippen molar-refractivity contribution in [3.8, 4) is 0 Å². The molecule has 0 unspecified atom stereocenters. The van der Waals surface area contributed by atoms with Crippen LogP contribution in [0.5, 0.6) is 0 Å². The second kappa shape index (κ2) is 6.18. The molecule has 4 heteroatoms. The third kappa shape index (κ3) is 3.95. The van der Waals surface area contributed by atoms with Crippen LogP contribution in [0.2, 0.25) is 5.02 Å². The van der Waals surface area contributed by atoms with E-state index in [1.165, 1.54) is 0 Å². The van der Waals surface area contributed by atoms with Crippen molar-refractivity contribution in [3.63, 3.8) is 0 Å². The number of benzene rings is 1. The number of ether oxygens (including phenoxy) is 1. The van der Waals surface area contributed by atoms with Gasteiger partial charge in [-0.1, -0.05) is 17.7 Å². The molecule has 1 rings (SSSR count). The molecule has 1 N–H and O–H groups in total. The fourth-order valence-corrected chi connectivity index (χ4v) is 1.26. The van der Waals surface area contributed by atoms with E-state index < -0.39 is 0 Å². The summed E-state index contributed by atoms with van der Waals surface area (Å²) in [4.78, 5) is 11.3. The summed E-state index contributed by atoms with van der Waals surface area (Å²) in [6.45, 7) is 3.84. The van der Waals surface area contributed by atoms with E-state index in [1.807, 2.05) is 12.1 Å². The van der Waals surface area contributed by atoms with Crippen LogP contribution in [0.1, 0.15) is 13.8 Å². The molecule has 0 heterocycles. The molecular weight excluding hydrogens is 226 g/mol. The van der Waals surface area contributed by atoms with E-state index in [-0.39, 0.29) is 5.97 Å². The predicted octanol–water partition coefficient (Wildman–Crippen LogP) is 3.22. The minimum absolute atomic E-state index is 0.322. The van der Waals surface area contributed by atoms with E-state index in [1.54, 1.807) is 32.2 Å². The highest BCUT2D eigenvalue weighted by Gasteiger charge is 2.03. The van der Waals surface area contributed by atoms with Crippen molar-refractivity contribution >= 4 is 23.3 Å². The van der Waals surface area contributed by atoms with Gasteiger partial charge in [-0.3, -0.25) is 0 Å². The Morgan fingerprint density at radius 2 is 2.31 bits per heavy atom. The van der Waals surface area contributed by atoms with Gasteiger partial charge in [-0.2, -0.15) is 0 Å². The summed E-state index contributed by atoms with van der Waals surface area (Å²) < 4.78 is 4.84. The first kappa shape index (κ1) is 12.6. The lowest BCUT2D eigenvalue weighted by Gasteiger charge is -2.04. The molecule has 1 aromatic carbocycles. The molecule has 0 spiro atoms. The van der Waals surface area contributed by atoms with Crippen LogP contribution in [-0.2, 0) is 9.53 Å². The van der Waals surface area contributed by atoms with Crippen molar-refractivity contribution in [1.29, 1.82) is 0 Å². The Hall–Kier alpha value is -1.48. The molecule has 0 bridgehead atoms. The van der Waals surface area contributed by atoms with Crippen molar-refractivity contribution in [2.24, 2.45) is 0 Å². The molecule has 0 saturated carbocycles. The molecule has 86 valence electrons. The first-order valence-corrected chi connectivity index (χ1v) is 5.37. The minimum Gasteiger partial charge on any atom is -0.463 e. The zero-order valence-electron chi connectivity index (χ0n) is 9.29. The van der Waals surface area contributed by atoms with Gasteiger partial charge in [0, 0.05) is 16.9 Å². The summed E-state index contributed by atoms with van der Waals surface area (Å²) >= 11 is 5.82. The summed E-state index contributed by atoms with van der Waals surface area (Å²) in [5.74, 6) is -0.322. The van der Waals surface area contributed by atoms with Gasteiger partial charge in [0.2, 0.25) is 0 Å². The quantitative estimate of drug-likeness (QED) is 0.648. The minimum atomic E-state index is -0.322. The SMILES string of the molecule is CCOC(=O)/C(C)=C/Nc1cccc(Cl)c1. The number of carbonyl (C=O) groups is 1. The smallest absolute Gasteiger partial charge is 0.335 e.